The van der Waals surface area contributed by atoms with Gasteiger partial charge in [0.05, 0.1) is 12.1 Å². The van der Waals surface area contributed by atoms with E-state index in [2.05, 4.69) is 36.1 Å². The molecule has 0 aromatic heterocycles. The van der Waals surface area contributed by atoms with Gasteiger partial charge in [-0.1, -0.05) is 6.92 Å². The molecule has 1 aliphatic heterocycles. The van der Waals surface area contributed by atoms with Crippen LogP contribution in [0, 0.1) is 11.8 Å². The summed E-state index contributed by atoms with van der Waals surface area (Å²) in [7, 11) is 4.46. The van der Waals surface area contributed by atoms with Gasteiger partial charge in [-0.2, -0.15) is 0 Å². The number of rotatable bonds is 9. The molecule has 0 spiro atoms. The van der Waals surface area contributed by atoms with Gasteiger partial charge in [0.15, 0.2) is 0 Å². The Morgan fingerprint density at radius 1 is 1.24 bits per heavy atom. The Morgan fingerprint density at radius 2 is 1.90 bits per heavy atom. The van der Waals surface area contributed by atoms with Crippen molar-refractivity contribution in [3.8, 4) is 0 Å². The predicted molar refractivity (Wildman–Crippen MR) is 88.6 cm³/mol. The number of hydrogen-bond acceptors (Lipinski definition) is 4. The molecule has 0 aromatic rings. The molecule has 1 saturated heterocycles. The zero-order chi connectivity index (χ0) is 15.3. The summed E-state index contributed by atoms with van der Waals surface area (Å²) in [6, 6.07) is 0. The molecule has 1 unspecified atom stereocenters. The summed E-state index contributed by atoms with van der Waals surface area (Å²) >= 11 is 0. The smallest absolute Gasteiger partial charge is 0.0628 e. The van der Waals surface area contributed by atoms with Gasteiger partial charge in [-0.3, -0.25) is 0 Å². The van der Waals surface area contributed by atoms with Gasteiger partial charge in [0.1, 0.15) is 0 Å². The zero-order valence-electron chi connectivity index (χ0n) is 14.3. The highest BCUT2D eigenvalue weighted by Gasteiger charge is 2.45. The second-order valence-corrected chi connectivity index (χ2v) is 7.46. The molecule has 0 amide bonds. The Kier molecular flexibility index (Phi) is 6.48. The van der Waals surface area contributed by atoms with E-state index in [1.807, 2.05) is 0 Å². The SMILES string of the molecule is CCCNC(CO)(CN(C)CC1CCN(C)CC1)C1CC1. The van der Waals surface area contributed by atoms with Crippen LogP contribution in [0.25, 0.3) is 0 Å². The van der Waals surface area contributed by atoms with Crippen molar-refractivity contribution in [1.29, 1.82) is 0 Å². The molecule has 0 bridgehead atoms. The summed E-state index contributed by atoms with van der Waals surface area (Å²) in [4.78, 5) is 4.90. The van der Waals surface area contributed by atoms with Gasteiger partial charge in [0.25, 0.3) is 0 Å². The molecule has 4 nitrogen and oxygen atoms in total. The fraction of sp³-hybridized carbons (Fsp3) is 1.00. The molecule has 1 atom stereocenters. The van der Waals surface area contributed by atoms with E-state index < -0.39 is 0 Å². The van der Waals surface area contributed by atoms with E-state index in [0.717, 1.165) is 25.4 Å². The van der Waals surface area contributed by atoms with Crippen LogP contribution >= 0.6 is 0 Å². The van der Waals surface area contributed by atoms with Crippen molar-refractivity contribution in [2.24, 2.45) is 11.8 Å². The van der Waals surface area contributed by atoms with Crippen LogP contribution in [0.15, 0.2) is 0 Å². The molecule has 0 aromatic carbocycles. The van der Waals surface area contributed by atoms with E-state index in [9.17, 15) is 5.11 Å². The fourth-order valence-corrected chi connectivity index (χ4v) is 3.81. The van der Waals surface area contributed by atoms with Crippen LogP contribution in [0.2, 0.25) is 0 Å². The minimum absolute atomic E-state index is 0.0593. The lowest BCUT2D eigenvalue weighted by Gasteiger charge is -2.39. The molecule has 2 fully saturated rings. The summed E-state index contributed by atoms with van der Waals surface area (Å²) < 4.78 is 0. The lowest BCUT2D eigenvalue weighted by atomic mass is 9.91. The van der Waals surface area contributed by atoms with E-state index in [0.29, 0.717) is 5.92 Å². The number of likely N-dealkylation sites (tertiary alicyclic amines) is 1. The number of likely N-dealkylation sites (N-methyl/N-ethyl adjacent to an activating group) is 1. The van der Waals surface area contributed by atoms with E-state index in [4.69, 9.17) is 0 Å². The van der Waals surface area contributed by atoms with Crippen LogP contribution in [0.1, 0.15) is 39.0 Å². The average Bonchev–Trinajstić information content (AvgIpc) is 3.31. The Balaban J connectivity index is 1.84. The van der Waals surface area contributed by atoms with Crippen molar-refractivity contribution < 1.29 is 5.11 Å². The van der Waals surface area contributed by atoms with Crippen LogP contribution in [-0.4, -0.2) is 73.9 Å². The maximum absolute atomic E-state index is 10.0. The second kappa shape index (κ2) is 7.91. The van der Waals surface area contributed by atoms with Crippen molar-refractivity contribution in [2.45, 2.75) is 44.6 Å². The molecule has 1 saturated carbocycles. The molecule has 2 aliphatic rings. The molecular formula is C17H35N3O. The summed E-state index contributed by atoms with van der Waals surface area (Å²) in [6.45, 7) is 8.12. The molecule has 4 heteroatoms. The maximum Gasteiger partial charge on any atom is 0.0628 e. The second-order valence-electron chi connectivity index (χ2n) is 7.46. The summed E-state index contributed by atoms with van der Waals surface area (Å²) in [5, 5.41) is 13.7. The number of aliphatic hydroxyl groups is 1. The van der Waals surface area contributed by atoms with Gasteiger partial charge in [0, 0.05) is 13.1 Å². The third kappa shape index (κ3) is 4.92. The molecular weight excluding hydrogens is 262 g/mol. The first-order chi connectivity index (χ1) is 10.1. The Hall–Kier alpha value is -0.160. The van der Waals surface area contributed by atoms with Crippen LogP contribution in [-0.2, 0) is 0 Å². The standard InChI is InChI=1S/C17H35N3O/c1-4-9-18-17(14-21,16-5-6-16)13-20(3)12-15-7-10-19(2)11-8-15/h15-16,18,21H,4-14H2,1-3H3. The summed E-state index contributed by atoms with van der Waals surface area (Å²) in [5.41, 5.74) is -0.0593. The van der Waals surface area contributed by atoms with E-state index in [-0.39, 0.29) is 12.1 Å². The molecule has 1 heterocycles. The van der Waals surface area contributed by atoms with Crippen LogP contribution in [0.4, 0.5) is 0 Å². The van der Waals surface area contributed by atoms with Crippen LogP contribution in [0.5, 0.6) is 0 Å². The fourth-order valence-electron chi connectivity index (χ4n) is 3.81. The molecule has 124 valence electrons. The first kappa shape index (κ1) is 17.2. The number of hydrogen-bond donors (Lipinski definition) is 2. The van der Waals surface area contributed by atoms with Crippen LogP contribution < -0.4 is 5.32 Å². The third-order valence-corrected chi connectivity index (χ3v) is 5.33. The highest BCUT2D eigenvalue weighted by molar-refractivity contribution is 5.02. The number of nitrogens with one attached hydrogen (secondary N) is 1. The topological polar surface area (TPSA) is 38.7 Å². The first-order valence-electron chi connectivity index (χ1n) is 8.82. The van der Waals surface area contributed by atoms with Crippen molar-refractivity contribution >= 4 is 0 Å². The van der Waals surface area contributed by atoms with E-state index >= 15 is 0 Å². The Labute approximate surface area is 130 Å². The van der Waals surface area contributed by atoms with Gasteiger partial charge in [0.2, 0.25) is 0 Å². The highest BCUT2D eigenvalue weighted by atomic mass is 16.3. The minimum atomic E-state index is -0.0593. The minimum Gasteiger partial charge on any atom is -0.394 e. The molecule has 21 heavy (non-hydrogen) atoms. The molecule has 2 rings (SSSR count). The van der Waals surface area contributed by atoms with Crippen molar-refractivity contribution in [3.63, 3.8) is 0 Å². The molecule has 0 radical (unpaired) electrons. The van der Waals surface area contributed by atoms with Gasteiger partial charge >= 0.3 is 0 Å². The monoisotopic (exact) mass is 297 g/mol. The lowest BCUT2D eigenvalue weighted by molar-refractivity contribution is 0.0870. The van der Waals surface area contributed by atoms with Gasteiger partial charge in [-0.15, -0.1) is 0 Å². The highest BCUT2D eigenvalue weighted by Crippen LogP contribution is 2.40. The van der Waals surface area contributed by atoms with E-state index in [1.54, 1.807) is 0 Å². The average molecular weight is 297 g/mol. The largest absolute Gasteiger partial charge is 0.394 e. The van der Waals surface area contributed by atoms with Gasteiger partial charge < -0.3 is 20.2 Å². The third-order valence-electron chi connectivity index (χ3n) is 5.33. The van der Waals surface area contributed by atoms with Crippen molar-refractivity contribution in [2.75, 3.05) is 53.4 Å². The zero-order valence-corrected chi connectivity index (χ0v) is 14.3. The summed E-state index contributed by atoms with van der Waals surface area (Å²) in [5.74, 6) is 1.50. The number of nitrogens with zero attached hydrogens (tertiary/aromatic N) is 2. The number of piperidine rings is 1. The van der Waals surface area contributed by atoms with Gasteiger partial charge in [-0.25, -0.2) is 0 Å². The Morgan fingerprint density at radius 3 is 2.43 bits per heavy atom. The molecule has 2 N–H and O–H groups in total. The van der Waals surface area contributed by atoms with Crippen molar-refractivity contribution in [1.82, 2.24) is 15.1 Å². The quantitative estimate of drug-likeness (QED) is 0.675. The predicted octanol–water partition coefficient (Wildman–Crippen LogP) is 1.40. The van der Waals surface area contributed by atoms with Gasteiger partial charge in [-0.05, 0) is 77.7 Å². The lowest BCUT2D eigenvalue weighted by Crippen LogP contribution is -2.58. The number of aliphatic hydroxyl groups excluding tert-OH is 1. The Bertz CT molecular complexity index is 300. The molecule has 1 aliphatic carbocycles. The maximum atomic E-state index is 10.0. The van der Waals surface area contributed by atoms with Crippen molar-refractivity contribution in [3.05, 3.63) is 0 Å². The van der Waals surface area contributed by atoms with Crippen LogP contribution in [0.3, 0.4) is 0 Å². The first-order valence-corrected chi connectivity index (χ1v) is 8.82. The summed E-state index contributed by atoms with van der Waals surface area (Å²) in [6.07, 6.45) is 6.32. The normalized spacial score (nSPS) is 24.4. The van der Waals surface area contributed by atoms with E-state index in [1.165, 1.54) is 45.3 Å².